The van der Waals surface area contributed by atoms with Crippen molar-refractivity contribution in [2.24, 2.45) is 0 Å². The van der Waals surface area contributed by atoms with E-state index in [1.165, 1.54) is 7.11 Å². The predicted octanol–water partition coefficient (Wildman–Crippen LogP) is 0.942. The Kier molecular flexibility index (Phi) is 7.42. The zero-order valence-corrected chi connectivity index (χ0v) is 12.4. The van der Waals surface area contributed by atoms with Crippen molar-refractivity contribution in [1.82, 2.24) is 9.44 Å². The van der Waals surface area contributed by atoms with E-state index in [4.69, 9.17) is 0 Å². The summed E-state index contributed by atoms with van der Waals surface area (Å²) >= 11 is 0. The van der Waals surface area contributed by atoms with Crippen LogP contribution in [0.25, 0.3) is 0 Å². The summed E-state index contributed by atoms with van der Waals surface area (Å²) in [5, 5.41) is 0. The Morgan fingerprint density at radius 2 is 1.78 bits per heavy atom. The van der Waals surface area contributed by atoms with Gasteiger partial charge < -0.3 is 4.74 Å². The first-order valence-electron chi connectivity index (χ1n) is 6.02. The maximum absolute atomic E-state index is 11.5. The molecule has 18 heavy (non-hydrogen) atoms. The number of ether oxygens (including phenoxy) is 1. The number of unbranched alkanes of at least 4 members (excludes halogenated alkanes) is 2. The normalized spacial score (nSPS) is 12.4. The second-order valence-electron chi connectivity index (χ2n) is 5.14. The van der Waals surface area contributed by atoms with Gasteiger partial charge in [-0.1, -0.05) is 6.42 Å². The minimum atomic E-state index is -3.44. The van der Waals surface area contributed by atoms with Crippen molar-refractivity contribution in [2.45, 2.75) is 52.0 Å². The third-order valence-corrected chi connectivity index (χ3v) is 3.48. The molecule has 0 aliphatic heterocycles. The molecule has 0 amide bonds. The number of methoxy groups -OCH3 is 1. The highest BCUT2D eigenvalue weighted by Crippen LogP contribution is 2.02. The number of hydrogen-bond acceptors (Lipinski definition) is 4. The lowest BCUT2D eigenvalue weighted by atomic mass is 10.1. The van der Waals surface area contributed by atoms with Gasteiger partial charge in [0.2, 0.25) is 0 Å². The Morgan fingerprint density at radius 3 is 2.28 bits per heavy atom. The molecule has 0 aromatic rings. The molecule has 0 aromatic heterocycles. The monoisotopic (exact) mass is 280 g/mol. The molecule has 7 heteroatoms. The molecule has 0 aromatic carbocycles. The zero-order valence-electron chi connectivity index (χ0n) is 11.6. The summed E-state index contributed by atoms with van der Waals surface area (Å²) in [4.78, 5) is 10.8. The second kappa shape index (κ2) is 7.70. The molecule has 0 rings (SSSR count). The van der Waals surface area contributed by atoms with E-state index in [1.807, 2.05) is 0 Å². The highest BCUT2D eigenvalue weighted by Gasteiger charge is 2.18. The maximum Gasteiger partial charge on any atom is 0.305 e. The third-order valence-electron chi connectivity index (χ3n) is 2.02. The van der Waals surface area contributed by atoms with Gasteiger partial charge in [0.05, 0.1) is 7.11 Å². The van der Waals surface area contributed by atoms with Crippen molar-refractivity contribution in [3.63, 3.8) is 0 Å². The Hall–Kier alpha value is -0.660. The van der Waals surface area contributed by atoms with Crippen molar-refractivity contribution in [3.8, 4) is 0 Å². The number of carbonyl (C=O) groups excluding carboxylic acids is 1. The van der Waals surface area contributed by atoms with Crippen LogP contribution in [-0.4, -0.2) is 33.6 Å². The molecule has 0 radical (unpaired) electrons. The molecule has 0 saturated carbocycles. The minimum absolute atomic E-state index is 0.232. The lowest BCUT2D eigenvalue weighted by molar-refractivity contribution is -0.140. The fraction of sp³-hybridized carbons (Fsp3) is 0.909. The van der Waals surface area contributed by atoms with Crippen LogP contribution in [0, 0.1) is 0 Å². The lowest BCUT2D eigenvalue weighted by Crippen LogP contribution is -2.47. The number of rotatable bonds is 8. The highest BCUT2D eigenvalue weighted by atomic mass is 32.2. The van der Waals surface area contributed by atoms with Crippen molar-refractivity contribution in [2.75, 3.05) is 13.7 Å². The molecule has 0 atom stereocenters. The first kappa shape index (κ1) is 17.3. The van der Waals surface area contributed by atoms with Gasteiger partial charge in [-0.15, -0.1) is 0 Å². The molecule has 6 nitrogen and oxygen atoms in total. The number of esters is 1. The standard InChI is InChI=1S/C11H24N2O4S/c1-11(2,3)13-18(15,16)12-9-7-5-6-8-10(14)17-4/h12-13H,5-9H2,1-4H3. The van der Waals surface area contributed by atoms with Gasteiger partial charge in [0.1, 0.15) is 0 Å². The predicted molar refractivity (Wildman–Crippen MR) is 70.3 cm³/mol. The molecule has 0 bridgehead atoms. The molecule has 108 valence electrons. The molecular weight excluding hydrogens is 256 g/mol. The van der Waals surface area contributed by atoms with E-state index in [1.54, 1.807) is 20.8 Å². The van der Waals surface area contributed by atoms with E-state index in [-0.39, 0.29) is 5.97 Å². The van der Waals surface area contributed by atoms with Crippen LogP contribution in [0.1, 0.15) is 46.5 Å². The molecular formula is C11H24N2O4S. The number of hydrogen-bond donors (Lipinski definition) is 2. The van der Waals surface area contributed by atoms with E-state index in [2.05, 4.69) is 14.2 Å². The van der Waals surface area contributed by atoms with E-state index >= 15 is 0 Å². The van der Waals surface area contributed by atoms with Crippen LogP contribution in [0.15, 0.2) is 0 Å². The summed E-state index contributed by atoms with van der Waals surface area (Å²) in [6, 6.07) is 0. The van der Waals surface area contributed by atoms with Gasteiger partial charge in [-0.3, -0.25) is 4.79 Å². The summed E-state index contributed by atoms with van der Waals surface area (Å²) in [5.41, 5.74) is -0.489. The van der Waals surface area contributed by atoms with E-state index in [0.717, 1.165) is 6.42 Å². The van der Waals surface area contributed by atoms with Gasteiger partial charge >= 0.3 is 5.97 Å². The largest absolute Gasteiger partial charge is 0.469 e. The SMILES string of the molecule is COC(=O)CCCCCNS(=O)(=O)NC(C)(C)C. The van der Waals surface area contributed by atoms with Crippen LogP contribution in [0.5, 0.6) is 0 Å². The lowest BCUT2D eigenvalue weighted by Gasteiger charge is -2.20. The minimum Gasteiger partial charge on any atom is -0.469 e. The molecule has 0 heterocycles. The van der Waals surface area contributed by atoms with Crippen LogP contribution in [0.3, 0.4) is 0 Å². The average Bonchev–Trinajstić information content (AvgIpc) is 2.19. The smallest absolute Gasteiger partial charge is 0.305 e. The van der Waals surface area contributed by atoms with Crippen LogP contribution >= 0.6 is 0 Å². The summed E-state index contributed by atoms with van der Waals surface area (Å²) in [7, 11) is -2.08. The quantitative estimate of drug-likeness (QED) is 0.512. The Balaban J connectivity index is 3.69. The maximum atomic E-state index is 11.5. The van der Waals surface area contributed by atoms with E-state index in [0.29, 0.717) is 25.8 Å². The van der Waals surface area contributed by atoms with Crippen molar-refractivity contribution in [3.05, 3.63) is 0 Å². The van der Waals surface area contributed by atoms with Gasteiger partial charge in [0.15, 0.2) is 0 Å². The fourth-order valence-electron chi connectivity index (χ4n) is 1.32. The molecule has 2 N–H and O–H groups in total. The van der Waals surface area contributed by atoms with E-state index in [9.17, 15) is 13.2 Å². The van der Waals surface area contributed by atoms with Crippen molar-refractivity contribution >= 4 is 16.2 Å². The van der Waals surface area contributed by atoms with Crippen molar-refractivity contribution < 1.29 is 17.9 Å². The molecule has 0 fully saturated rings. The highest BCUT2D eigenvalue weighted by molar-refractivity contribution is 7.87. The Labute approximate surface area is 110 Å². The Morgan fingerprint density at radius 1 is 1.17 bits per heavy atom. The third kappa shape index (κ3) is 10.5. The zero-order chi connectivity index (χ0) is 14.2. The first-order valence-corrected chi connectivity index (χ1v) is 7.50. The summed E-state index contributed by atoms with van der Waals surface area (Å²) in [5.74, 6) is -0.232. The number of carbonyl (C=O) groups is 1. The van der Waals surface area contributed by atoms with Gasteiger partial charge in [-0.2, -0.15) is 13.1 Å². The second-order valence-corrected chi connectivity index (χ2v) is 6.64. The molecule has 0 saturated heterocycles. The average molecular weight is 280 g/mol. The van der Waals surface area contributed by atoms with Gasteiger partial charge in [-0.05, 0) is 33.6 Å². The van der Waals surface area contributed by atoms with Crippen LogP contribution < -0.4 is 9.44 Å². The molecule has 0 aliphatic rings. The molecule has 0 aliphatic carbocycles. The van der Waals surface area contributed by atoms with Crippen LogP contribution in [0.2, 0.25) is 0 Å². The number of nitrogens with one attached hydrogen (secondary N) is 2. The summed E-state index contributed by atoms with van der Waals surface area (Å²) < 4.78 is 32.5. The Bertz CT molecular complexity index is 347. The van der Waals surface area contributed by atoms with Gasteiger partial charge in [-0.25, -0.2) is 4.72 Å². The summed E-state index contributed by atoms with van der Waals surface area (Å²) in [6.45, 7) is 5.71. The van der Waals surface area contributed by atoms with Gasteiger partial charge in [0.25, 0.3) is 10.2 Å². The fourth-order valence-corrected chi connectivity index (χ4v) is 2.61. The van der Waals surface area contributed by atoms with Gasteiger partial charge in [0, 0.05) is 18.5 Å². The van der Waals surface area contributed by atoms with Crippen LogP contribution in [-0.2, 0) is 19.7 Å². The molecule has 0 spiro atoms. The topological polar surface area (TPSA) is 84.5 Å². The van der Waals surface area contributed by atoms with Crippen LogP contribution in [0.4, 0.5) is 0 Å². The first-order chi connectivity index (χ1) is 8.16. The van der Waals surface area contributed by atoms with E-state index < -0.39 is 15.7 Å². The van der Waals surface area contributed by atoms with Crippen molar-refractivity contribution in [1.29, 1.82) is 0 Å². The molecule has 0 unspecified atom stereocenters. The summed E-state index contributed by atoms with van der Waals surface area (Å²) in [6.07, 6.45) is 2.57.